The van der Waals surface area contributed by atoms with Crippen LogP contribution in [0, 0.1) is 0 Å². The van der Waals surface area contributed by atoms with Crippen molar-refractivity contribution in [1.82, 2.24) is 14.7 Å². The van der Waals surface area contributed by atoms with Crippen LogP contribution in [0.5, 0.6) is 5.88 Å². The van der Waals surface area contributed by atoms with Crippen molar-refractivity contribution in [2.24, 2.45) is 5.14 Å². The highest BCUT2D eigenvalue weighted by molar-refractivity contribution is 7.89. The van der Waals surface area contributed by atoms with Gasteiger partial charge in [0.2, 0.25) is 15.9 Å². The summed E-state index contributed by atoms with van der Waals surface area (Å²) in [6.07, 6.45) is 1.22. The lowest BCUT2D eigenvalue weighted by Crippen LogP contribution is -2.41. The van der Waals surface area contributed by atoms with Crippen molar-refractivity contribution in [1.29, 1.82) is 0 Å². The second-order valence-electron chi connectivity index (χ2n) is 3.97. The van der Waals surface area contributed by atoms with Crippen molar-refractivity contribution in [3.8, 4) is 5.88 Å². The van der Waals surface area contributed by atoms with E-state index in [0.29, 0.717) is 13.2 Å². The molecule has 0 amide bonds. The van der Waals surface area contributed by atoms with E-state index in [1.165, 1.54) is 10.9 Å². The Kier molecular flexibility index (Phi) is 2.64. The Morgan fingerprint density at radius 1 is 1.62 bits per heavy atom. The number of nitrogens with two attached hydrogens (primary N) is 1. The van der Waals surface area contributed by atoms with Gasteiger partial charge in [0.05, 0.1) is 18.8 Å². The van der Waals surface area contributed by atoms with E-state index in [2.05, 4.69) is 5.10 Å². The average Bonchev–Trinajstić information content (AvgIpc) is 2.58. The van der Waals surface area contributed by atoms with Crippen LogP contribution in [-0.4, -0.2) is 49.8 Å². The summed E-state index contributed by atoms with van der Waals surface area (Å²) in [6.45, 7) is 1.03. The second kappa shape index (κ2) is 3.72. The normalized spacial score (nSPS) is 20.6. The second-order valence-corrected chi connectivity index (χ2v) is 5.50. The summed E-state index contributed by atoms with van der Waals surface area (Å²) in [6, 6.07) is 0.181. The van der Waals surface area contributed by atoms with E-state index in [4.69, 9.17) is 9.88 Å². The highest BCUT2D eigenvalue weighted by atomic mass is 32.2. The van der Waals surface area contributed by atoms with Crippen LogP contribution in [0.2, 0.25) is 0 Å². The largest absolute Gasteiger partial charge is 0.475 e. The van der Waals surface area contributed by atoms with E-state index in [-0.39, 0.29) is 16.8 Å². The highest BCUT2D eigenvalue weighted by Crippen LogP contribution is 2.26. The number of nitrogens with zero attached hydrogens (tertiary/aromatic N) is 3. The summed E-state index contributed by atoms with van der Waals surface area (Å²) in [5, 5.41) is 9.01. The number of rotatable bonds is 2. The molecule has 1 atom stereocenters. The standard InChI is InChI=1S/C8H14N4O3S/c1-11(2)6-4-12-8(15-5-6)7(3-10-12)16(9,13)14/h3,6H,4-5H2,1-2H3,(H2,9,13,14)/t6-/m0/s1. The number of sulfonamides is 1. The minimum Gasteiger partial charge on any atom is -0.475 e. The zero-order valence-corrected chi connectivity index (χ0v) is 9.94. The van der Waals surface area contributed by atoms with Gasteiger partial charge in [-0.1, -0.05) is 0 Å². The fourth-order valence-corrected chi connectivity index (χ4v) is 2.17. The third kappa shape index (κ3) is 1.91. The molecule has 0 radical (unpaired) electrons. The van der Waals surface area contributed by atoms with E-state index in [1.54, 1.807) is 0 Å². The number of likely N-dealkylation sites (N-methyl/N-ethyl adjacent to an activating group) is 1. The molecule has 1 aliphatic rings. The Morgan fingerprint density at radius 2 is 2.31 bits per heavy atom. The number of hydrogen-bond acceptors (Lipinski definition) is 5. The minimum absolute atomic E-state index is 0.0512. The number of aromatic nitrogens is 2. The van der Waals surface area contributed by atoms with Crippen molar-refractivity contribution in [3.05, 3.63) is 6.20 Å². The third-order valence-electron chi connectivity index (χ3n) is 2.59. The Bertz CT molecular complexity index is 493. The molecule has 1 aromatic heterocycles. The lowest BCUT2D eigenvalue weighted by Gasteiger charge is -2.29. The van der Waals surface area contributed by atoms with Gasteiger partial charge in [-0.15, -0.1) is 0 Å². The van der Waals surface area contributed by atoms with Gasteiger partial charge in [-0.3, -0.25) is 0 Å². The van der Waals surface area contributed by atoms with Crippen molar-refractivity contribution in [2.45, 2.75) is 17.5 Å². The summed E-state index contributed by atoms with van der Waals surface area (Å²) < 4.78 is 29.3. The molecule has 2 N–H and O–H groups in total. The monoisotopic (exact) mass is 246 g/mol. The van der Waals surface area contributed by atoms with Gasteiger partial charge in [0.1, 0.15) is 6.61 Å². The van der Waals surface area contributed by atoms with Gasteiger partial charge >= 0.3 is 0 Å². The van der Waals surface area contributed by atoms with Gasteiger partial charge < -0.3 is 9.64 Å². The number of fused-ring (bicyclic) bond motifs is 1. The predicted molar refractivity (Wildman–Crippen MR) is 56.6 cm³/mol. The molecule has 2 rings (SSSR count). The van der Waals surface area contributed by atoms with Crippen LogP contribution in [0.4, 0.5) is 0 Å². The highest BCUT2D eigenvalue weighted by Gasteiger charge is 2.28. The van der Waals surface area contributed by atoms with Gasteiger partial charge in [-0.05, 0) is 14.1 Å². The number of hydrogen-bond donors (Lipinski definition) is 1. The molecule has 0 aromatic carbocycles. The van der Waals surface area contributed by atoms with Gasteiger partial charge in [-0.25, -0.2) is 18.2 Å². The van der Waals surface area contributed by atoms with Crippen molar-refractivity contribution < 1.29 is 13.2 Å². The van der Waals surface area contributed by atoms with Crippen LogP contribution in [0.3, 0.4) is 0 Å². The maximum absolute atomic E-state index is 11.2. The molecule has 0 bridgehead atoms. The fourth-order valence-electron chi connectivity index (χ4n) is 1.57. The number of primary sulfonamides is 1. The zero-order valence-electron chi connectivity index (χ0n) is 9.12. The van der Waals surface area contributed by atoms with Gasteiger partial charge in [0, 0.05) is 0 Å². The van der Waals surface area contributed by atoms with Crippen molar-refractivity contribution >= 4 is 10.0 Å². The summed E-state index contributed by atoms with van der Waals surface area (Å²) in [4.78, 5) is 1.95. The molecule has 2 heterocycles. The summed E-state index contributed by atoms with van der Waals surface area (Å²) in [5.74, 6) is 0.237. The molecule has 90 valence electrons. The van der Waals surface area contributed by atoms with E-state index in [1.807, 2.05) is 19.0 Å². The van der Waals surface area contributed by atoms with Gasteiger partial charge in [0.25, 0.3) is 0 Å². The summed E-state index contributed by atoms with van der Waals surface area (Å²) >= 11 is 0. The molecule has 0 fully saturated rings. The maximum Gasteiger partial charge on any atom is 0.245 e. The zero-order chi connectivity index (χ0) is 11.9. The first kappa shape index (κ1) is 11.4. The van der Waals surface area contributed by atoms with E-state index < -0.39 is 10.0 Å². The van der Waals surface area contributed by atoms with Crippen LogP contribution < -0.4 is 9.88 Å². The molecule has 0 saturated carbocycles. The first-order chi connectivity index (χ1) is 7.39. The molecule has 0 aliphatic carbocycles. The lowest BCUT2D eigenvalue weighted by atomic mass is 10.3. The molecule has 16 heavy (non-hydrogen) atoms. The quantitative estimate of drug-likeness (QED) is 0.712. The maximum atomic E-state index is 11.2. The molecular weight excluding hydrogens is 232 g/mol. The van der Waals surface area contributed by atoms with Crippen LogP contribution >= 0.6 is 0 Å². The molecule has 8 heteroatoms. The molecule has 0 saturated heterocycles. The van der Waals surface area contributed by atoms with Crippen LogP contribution in [-0.2, 0) is 16.6 Å². The van der Waals surface area contributed by atoms with Crippen LogP contribution in [0.1, 0.15) is 0 Å². The molecule has 1 aliphatic heterocycles. The molecule has 0 spiro atoms. The van der Waals surface area contributed by atoms with Crippen LogP contribution in [0.25, 0.3) is 0 Å². The van der Waals surface area contributed by atoms with E-state index >= 15 is 0 Å². The first-order valence-electron chi connectivity index (χ1n) is 4.77. The van der Waals surface area contributed by atoms with Crippen LogP contribution in [0.15, 0.2) is 11.1 Å². The molecule has 0 unspecified atom stereocenters. The Balaban J connectivity index is 2.34. The van der Waals surface area contributed by atoms with E-state index in [0.717, 1.165) is 0 Å². The molecular formula is C8H14N4O3S. The predicted octanol–water partition coefficient (Wildman–Crippen LogP) is -1.15. The van der Waals surface area contributed by atoms with Crippen molar-refractivity contribution in [2.75, 3.05) is 20.7 Å². The first-order valence-corrected chi connectivity index (χ1v) is 6.32. The third-order valence-corrected chi connectivity index (χ3v) is 3.49. The Labute approximate surface area is 93.8 Å². The van der Waals surface area contributed by atoms with E-state index in [9.17, 15) is 8.42 Å². The SMILES string of the molecule is CN(C)[C@@H]1COc2c(S(N)(=O)=O)cnn2C1. The molecule has 1 aromatic rings. The summed E-state index contributed by atoms with van der Waals surface area (Å²) in [5.41, 5.74) is 0. The Morgan fingerprint density at radius 3 is 2.88 bits per heavy atom. The Hall–Kier alpha value is -1.12. The summed E-state index contributed by atoms with van der Waals surface area (Å²) in [7, 11) is 0.107. The fraction of sp³-hybridized carbons (Fsp3) is 0.625. The smallest absolute Gasteiger partial charge is 0.245 e. The average molecular weight is 246 g/mol. The van der Waals surface area contributed by atoms with Crippen molar-refractivity contribution in [3.63, 3.8) is 0 Å². The topological polar surface area (TPSA) is 90.4 Å². The van der Waals surface area contributed by atoms with Gasteiger partial charge in [0.15, 0.2) is 4.90 Å². The molecule has 7 nitrogen and oxygen atoms in total. The minimum atomic E-state index is -3.76. The number of ether oxygens (including phenoxy) is 1. The van der Waals surface area contributed by atoms with Gasteiger partial charge in [-0.2, -0.15) is 5.10 Å². The lowest BCUT2D eigenvalue weighted by molar-refractivity contribution is 0.117.